The quantitative estimate of drug-likeness (QED) is 0.777. The molecular formula is C16H14FN3O. The number of nitrogen functional groups attached to an aromatic ring is 1. The van der Waals surface area contributed by atoms with Crippen LogP contribution in [-0.2, 0) is 0 Å². The van der Waals surface area contributed by atoms with E-state index < -0.39 is 0 Å². The van der Waals surface area contributed by atoms with Crippen LogP contribution in [0.5, 0.6) is 0 Å². The number of furan rings is 1. The Balaban J connectivity index is 1.90. The van der Waals surface area contributed by atoms with E-state index in [1.54, 1.807) is 12.1 Å². The van der Waals surface area contributed by atoms with E-state index in [-0.39, 0.29) is 5.82 Å². The Labute approximate surface area is 120 Å². The van der Waals surface area contributed by atoms with Crippen LogP contribution in [0.4, 0.5) is 10.2 Å². The second-order valence-electron chi connectivity index (χ2n) is 5.51. The van der Waals surface area contributed by atoms with Crippen molar-refractivity contribution < 1.29 is 8.81 Å². The first kappa shape index (κ1) is 12.3. The molecule has 0 bridgehead atoms. The summed E-state index contributed by atoms with van der Waals surface area (Å²) in [6, 6.07) is 6.25. The molecule has 1 aliphatic rings. The summed E-state index contributed by atoms with van der Waals surface area (Å²) in [6.07, 6.45) is 2.21. The minimum absolute atomic E-state index is 0.285. The molecular weight excluding hydrogens is 269 g/mol. The maximum Gasteiger partial charge on any atom is 0.154 e. The van der Waals surface area contributed by atoms with E-state index in [4.69, 9.17) is 10.2 Å². The van der Waals surface area contributed by atoms with Crippen LogP contribution in [-0.4, -0.2) is 9.97 Å². The lowest BCUT2D eigenvalue weighted by molar-refractivity contribution is 0.617. The summed E-state index contributed by atoms with van der Waals surface area (Å²) in [6.45, 7) is 1.87. The van der Waals surface area contributed by atoms with Crippen LogP contribution >= 0.6 is 0 Å². The molecule has 1 aliphatic carbocycles. The summed E-state index contributed by atoms with van der Waals surface area (Å²) < 4.78 is 19.1. The molecule has 0 amide bonds. The Morgan fingerprint density at radius 1 is 1.24 bits per heavy atom. The Morgan fingerprint density at radius 2 is 2.05 bits per heavy atom. The topological polar surface area (TPSA) is 64.9 Å². The van der Waals surface area contributed by atoms with Crippen LogP contribution in [0, 0.1) is 12.7 Å². The highest BCUT2D eigenvalue weighted by molar-refractivity contribution is 5.83. The first-order valence-corrected chi connectivity index (χ1v) is 6.95. The van der Waals surface area contributed by atoms with Crippen molar-refractivity contribution in [1.29, 1.82) is 0 Å². The van der Waals surface area contributed by atoms with Crippen molar-refractivity contribution in [3.63, 3.8) is 0 Å². The maximum atomic E-state index is 13.3. The molecule has 3 aromatic rings. The van der Waals surface area contributed by atoms with Gasteiger partial charge >= 0.3 is 0 Å². The predicted molar refractivity (Wildman–Crippen MR) is 78.3 cm³/mol. The Morgan fingerprint density at radius 3 is 2.81 bits per heavy atom. The van der Waals surface area contributed by atoms with E-state index >= 15 is 0 Å². The van der Waals surface area contributed by atoms with Crippen LogP contribution in [0.2, 0.25) is 0 Å². The molecule has 0 unspecified atom stereocenters. The van der Waals surface area contributed by atoms with E-state index in [1.165, 1.54) is 12.1 Å². The first-order valence-electron chi connectivity index (χ1n) is 6.95. The maximum absolute atomic E-state index is 13.3. The number of anilines is 1. The summed E-state index contributed by atoms with van der Waals surface area (Å²) in [4.78, 5) is 8.96. The van der Waals surface area contributed by atoms with Crippen molar-refractivity contribution in [1.82, 2.24) is 9.97 Å². The molecule has 0 atom stereocenters. The summed E-state index contributed by atoms with van der Waals surface area (Å²) in [5.74, 6) is 1.98. The number of fused-ring (bicyclic) bond motifs is 1. The molecule has 5 heteroatoms. The van der Waals surface area contributed by atoms with Crippen LogP contribution in [0.25, 0.3) is 22.4 Å². The number of halogens is 1. The highest BCUT2D eigenvalue weighted by Crippen LogP contribution is 2.40. The van der Waals surface area contributed by atoms with Gasteiger partial charge in [-0.2, -0.15) is 0 Å². The Bertz CT molecular complexity index is 852. The van der Waals surface area contributed by atoms with Gasteiger partial charge in [-0.25, -0.2) is 14.4 Å². The van der Waals surface area contributed by atoms with Crippen molar-refractivity contribution in [2.45, 2.75) is 25.7 Å². The fourth-order valence-corrected chi connectivity index (χ4v) is 2.45. The van der Waals surface area contributed by atoms with Crippen LogP contribution < -0.4 is 5.73 Å². The molecule has 1 aromatic carbocycles. The molecule has 0 aliphatic heterocycles. The zero-order chi connectivity index (χ0) is 14.6. The SMILES string of the molecule is Cc1c(N)nc(C2CC2)nc1-c1cc2cc(F)ccc2o1. The van der Waals surface area contributed by atoms with E-state index in [0.29, 0.717) is 28.8 Å². The van der Waals surface area contributed by atoms with E-state index in [1.807, 2.05) is 6.92 Å². The zero-order valence-electron chi connectivity index (χ0n) is 11.6. The third-order valence-electron chi connectivity index (χ3n) is 3.86. The molecule has 0 saturated heterocycles. The number of nitrogens with zero attached hydrogens (tertiary/aromatic N) is 2. The normalized spacial score (nSPS) is 14.8. The minimum atomic E-state index is -0.285. The van der Waals surface area contributed by atoms with Gasteiger partial charge in [-0.05, 0) is 44.0 Å². The lowest BCUT2D eigenvalue weighted by atomic mass is 10.1. The lowest BCUT2D eigenvalue weighted by Crippen LogP contribution is -2.03. The van der Waals surface area contributed by atoms with Gasteiger partial charge in [-0.3, -0.25) is 0 Å². The molecule has 1 saturated carbocycles. The van der Waals surface area contributed by atoms with Crippen LogP contribution in [0.15, 0.2) is 28.7 Å². The largest absolute Gasteiger partial charge is 0.454 e. The molecule has 21 heavy (non-hydrogen) atoms. The second-order valence-corrected chi connectivity index (χ2v) is 5.51. The van der Waals surface area contributed by atoms with Gasteiger partial charge in [-0.1, -0.05) is 0 Å². The van der Waals surface area contributed by atoms with Gasteiger partial charge in [0.15, 0.2) is 5.76 Å². The molecule has 0 radical (unpaired) electrons. The highest BCUT2D eigenvalue weighted by Gasteiger charge is 2.28. The highest BCUT2D eigenvalue weighted by atomic mass is 19.1. The first-order chi connectivity index (χ1) is 10.1. The average Bonchev–Trinajstić information content (AvgIpc) is 3.22. The van der Waals surface area contributed by atoms with Crippen molar-refractivity contribution >= 4 is 16.8 Å². The average molecular weight is 283 g/mol. The lowest BCUT2D eigenvalue weighted by Gasteiger charge is -2.07. The van der Waals surface area contributed by atoms with Gasteiger partial charge in [0.05, 0.1) is 0 Å². The molecule has 0 spiro atoms. The summed E-state index contributed by atoms with van der Waals surface area (Å²) in [5.41, 5.74) is 8.11. The van der Waals surface area contributed by atoms with Gasteiger partial charge in [-0.15, -0.1) is 0 Å². The molecule has 2 heterocycles. The fourth-order valence-electron chi connectivity index (χ4n) is 2.45. The minimum Gasteiger partial charge on any atom is -0.454 e. The van der Waals surface area contributed by atoms with Gasteiger partial charge in [0.25, 0.3) is 0 Å². The monoisotopic (exact) mass is 283 g/mol. The summed E-state index contributed by atoms with van der Waals surface area (Å²) in [5, 5.41) is 0.717. The summed E-state index contributed by atoms with van der Waals surface area (Å²) in [7, 11) is 0. The van der Waals surface area contributed by atoms with Crippen molar-refractivity contribution in [3.05, 3.63) is 41.5 Å². The van der Waals surface area contributed by atoms with E-state index in [9.17, 15) is 4.39 Å². The molecule has 4 nitrogen and oxygen atoms in total. The summed E-state index contributed by atoms with van der Waals surface area (Å²) >= 11 is 0. The number of hydrogen-bond donors (Lipinski definition) is 1. The standard InChI is InChI=1S/C16H14FN3O/c1-8-14(19-16(9-2-3-9)20-15(8)18)13-7-10-6-11(17)4-5-12(10)21-13/h4-7,9H,2-3H2,1H3,(H2,18,19,20). The van der Waals surface area contributed by atoms with Gasteiger partial charge in [0.2, 0.25) is 0 Å². The smallest absolute Gasteiger partial charge is 0.154 e. The predicted octanol–water partition coefficient (Wildman–Crippen LogP) is 3.80. The molecule has 106 valence electrons. The number of aromatic nitrogens is 2. The van der Waals surface area contributed by atoms with Crippen molar-refractivity contribution in [3.8, 4) is 11.5 Å². The number of hydrogen-bond acceptors (Lipinski definition) is 4. The van der Waals surface area contributed by atoms with Gasteiger partial charge in [0.1, 0.15) is 28.7 Å². The van der Waals surface area contributed by atoms with Gasteiger partial charge in [0, 0.05) is 16.9 Å². The molecule has 2 aromatic heterocycles. The molecule has 1 fully saturated rings. The number of rotatable bonds is 2. The van der Waals surface area contributed by atoms with Gasteiger partial charge < -0.3 is 10.2 Å². The van der Waals surface area contributed by atoms with E-state index in [0.717, 1.165) is 29.6 Å². The molecule has 2 N–H and O–H groups in total. The van der Waals surface area contributed by atoms with Crippen LogP contribution in [0.1, 0.15) is 30.1 Å². The fraction of sp³-hybridized carbons (Fsp3) is 0.250. The number of nitrogens with two attached hydrogens (primary N) is 1. The van der Waals surface area contributed by atoms with Crippen molar-refractivity contribution in [2.24, 2.45) is 0 Å². The Hall–Kier alpha value is -2.43. The Kier molecular flexibility index (Phi) is 2.51. The second kappa shape index (κ2) is 4.28. The third-order valence-corrected chi connectivity index (χ3v) is 3.86. The zero-order valence-corrected chi connectivity index (χ0v) is 11.6. The third kappa shape index (κ3) is 2.05. The molecule has 4 rings (SSSR count). The number of benzene rings is 1. The van der Waals surface area contributed by atoms with E-state index in [2.05, 4.69) is 9.97 Å². The van der Waals surface area contributed by atoms with Crippen LogP contribution in [0.3, 0.4) is 0 Å². The van der Waals surface area contributed by atoms with Crippen molar-refractivity contribution in [2.75, 3.05) is 5.73 Å².